The van der Waals surface area contributed by atoms with Crippen LogP contribution in [0.4, 0.5) is 15.8 Å². The molecule has 1 aliphatic heterocycles. The monoisotopic (exact) mass is 450 g/mol. The SMILES string of the molecule is O=C(CCS(=O)(=O)c1ccc2c(c1)CCN2C(=O)C1CC1)Nc1ccc(F)cc1Cl. The molecular formula is C21H20ClFN2O4S. The van der Waals surface area contributed by atoms with Crippen LogP contribution in [0.5, 0.6) is 0 Å². The number of benzene rings is 2. The molecule has 6 nitrogen and oxygen atoms in total. The maximum absolute atomic E-state index is 13.1. The minimum absolute atomic E-state index is 0.0372. The standard InChI is InChI=1S/C21H20ClFN2O4S/c22-17-12-15(23)3-5-18(17)24-20(26)8-10-30(28,29)16-4-6-19-14(11-16)7-9-25(19)21(27)13-1-2-13/h3-6,11-13H,1-2,7-10H2,(H,24,26). The van der Waals surface area contributed by atoms with Gasteiger partial charge in [0, 0.05) is 24.6 Å². The zero-order valence-corrected chi connectivity index (χ0v) is 17.6. The van der Waals surface area contributed by atoms with E-state index < -0.39 is 21.6 Å². The fourth-order valence-electron chi connectivity index (χ4n) is 3.50. The fourth-order valence-corrected chi connectivity index (χ4v) is 5.00. The van der Waals surface area contributed by atoms with Crippen molar-refractivity contribution in [2.24, 2.45) is 5.92 Å². The van der Waals surface area contributed by atoms with Crippen molar-refractivity contribution in [1.82, 2.24) is 0 Å². The van der Waals surface area contributed by atoms with Crippen LogP contribution in [0.15, 0.2) is 41.3 Å². The van der Waals surface area contributed by atoms with Crippen molar-refractivity contribution in [3.05, 3.63) is 52.8 Å². The van der Waals surface area contributed by atoms with Crippen LogP contribution < -0.4 is 10.2 Å². The van der Waals surface area contributed by atoms with Gasteiger partial charge in [-0.05, 0) is 61.2 Å². The van der Waals surface area contributed by atoms with Crippen LogP contribution in [-0.4, -0.2) is 32.5 Å². The van der Waals surface area contributed by atoms with Crippen molar-refractivity contribution in [2.75, 3.05) is 22.5 Å². The highest BCUT2D eigenvalue weighted by Crippen LogP contribution is 2.37. The van der Waals surface area contributed by atoms with Crippen molar-refractivity contribution in [3.8, 4) is 0 Å². The summed E-state index contributed by atoms with van der Waals surface area (Å²) in [6, 6.07) is 8.30. The molecule has 0 spiro atoms. The average Bonchev–Trinajstić information content (AvgIpc) is 3.47. The molecule has 1 saturated carbocycles. The predicted molar refractivity (Wildman–Crippen MR) is 112 cm³/mol. The fraction of sp³-hybridized carbons (Fsp3) is 0.333. The highest BCUT2D eigenvalue weighted by molar-refractivity contribution is 7.91. The van der Waals surface area contributed by atoms with Crippen molar-refractivity contribution in [3.63, 3.8) is 0 Å². The summed E-state index contributed by atoms with van der Waals surface area (Å²) in [6.45, 7) is 0.564. The lowest BCUT2D eigenvalue weighted by molar-refractivity contribution is -0.119. The Morgan fingerprint density at radius 1 is 1.17 bits per heavy atom. The predicted octanol–water partition coefficient (Wildman–Crippen LogP) is 3.58. The molecule has 4 rings (SSSR count). The topological polar surface area (TPSA) is 83.6 Å². The number of halogens is 2. The van der Waals surface area contributed by atoms with E-state index in [4.69, 9.17) is 11.6 Å². The van der Waals surface area contributed by atoms with Gasteiger partial charge in [-0.1, -0.05) is 11.6 Å². The molecule has 0 bridgehead atoms. The van der Waals surface area contributed by atoms with Crippen molar-refractivity contribution < 1.29 is 22.4 Å². The van der Waals surface area contributed by atoms with E-state index in [2.05, 4.69) is 5.32 Å². The number of nitrogens with zero attached hydrogens (tertiary/aromatic N) is 1. The molecule has 9 heteroatoms. The van der Waals surface area contributed by atoms with E-state index in [1.165, 1.54) is 12.1 Å². The van der Waals surface area contributed by atoms with Gasteiger partial charge in [-0.15, -0.1) is 0 Å². The van der Waals surface area contributed by atoms with E-state index >= 15 is 0 Å². The molecule has 0 aromatic heterocycles. The number of hydrogen-bond donors (Lipinski definition) is 1. The summed E-state index contributed by atoms with van der Waals surface area (Å²) in [7, 11) is -3.69. The molecule has 0 unspecified atom stereocenters. The molecule has 2 aromatic rings. The Balaban J connectivity index is 1.41. The largest absolute Gasteiger partial charge is 0.325 e. The molecule has 0 radical (unpaired) electrons. The van der Waals surface area contributed by atoms with Gasteiger partial charge in [0.05, 0.1) is 21.4 Å². The lowest BCUT2D eigenvalue weighted by Gasteiger charge is -2.17. The highest BCUT2D eigenvalue weighted by atomic mass is 35.5. The second-order valence-electron chi connectivity index (χ2n) is 7.55. The molecule has 30 heavy (non-hydrogen) atoms. The Bertz CT molecular complexity index is 1130. The van der Waals surface area contributed by atoms with E-state index in [0.717, 1.165) is 36.2 Å². The summed E-state index contributed by atoms with van der Waals surface area (Å²) >= 11 is 5.87. The Kier molecular flexibility index (Phi) is 5.55. The Hall–Kier alpha value is -2.45. The summed E-state index contributed by atoms with van der Waals surface area (Å²) in [6.07, 6.45) is 2.19. The molecule has 0 saturated heterocycles. The highest BCUT2D eigenvalue weighted by Gasteiger charge is 2.36. The number of carbonyl (C=O) groups excluding carboxylic acids is 2. The normalized spacial score (nSPS) is 15.7. The molecule has 1 aliphatic carbocycles. The first kappa shape index (κ1) is 20.8. The third-order valence-electron chi connectivity index (χ3n) is 5.30. The second kappa shape index (κ2) is 8.00. The Labute approximate surface area is 178 Å². The lowest BCUT2D eigenvalue weighted by Crippen LogP contribution is -2.30. The Morgan fingerprint density at radius 2 is 1.93 bits per heavy atom. The average molecular weight is 451 g/mol. The van der Waals surface area contributed by atoms with Gasteiger partial charge in [-0.2, -0.15) is 0 Å². The zero-order valence-electron chi connectivity index (χ0n) is 16.0. The van der Waals surface area contributed by atoms with E-state index in [1.54, 1.807) is 17.0 Å². The van der Waals surface area contributed by atoms with Crippen molar-refractivity contribution in [1.29, 1.82) is 0 Å². The van der Waals surface area contributed by atoms with Crippen LogP contribution in [0.25, 0.3) is 0 Å². The van der Waals surface area contributed by atoms with Gasteiger partial charge in [0.25, 0.3) is 0 Å². The van der Waals surface area contributed by atoms with Crippen LogP contribution >= 0.6 is 11.6 Å². The summed E-state index contributed by atoms with van der Waals surface area (Å²) in [5, 5.41) is 2.53. The molecular weight excluding hydrogens is 431 g/mol. The third kappa shape index (κ3) is 4.34. The van der Waals surface area contributed by atoms with E-state index in [9.17, 15) is 22.4 Å². The zero-order chi connectivity index (χ0) is 21.5. The molecule has 1 fully saturated rings. The number of rotatable bonds is 6. The Morgan fingerprint density at radius 3 is 2.63 bits per heavy atom. The molecule has 158 valence electrons. The third-order valence-corrected chi connectivity index (χ3v) is 7.33. The number of hydrogen-bond acceptors (Lipinski definition) is 4. The van der Waals surface area contributed by atoms with Crippen molar-refractivity contribution >= 4 is 44.6 Å². The quantitative estimate of drug-likeness (QED) is 0.729. The number of sulfone groups is 1. The van der Waals surface area contributed by atoms with E-state index in [-0.39, 0.29) is 39.6 Å². The van der Waals surface area contributed by atoms with Gasteiger partial charge in [-0.25, -0.2) is 12.8 Å². The second-order valence-corrected chi connectivity index (χ2v) is 10.1. The van der Waals surface area contributed by atoms with Crippen molar-refractivity contribution in [2.45, 2.75) is 30.6 Å². The smallest absolute Gasteiger partial charge is 0.230 e. The summed E-state index contributed by atoms with van der Waals surface area (Å²) in [5.74, 6) is -1.22. The lowest BCUT2D eigenvalue weighted by atomic mass is 10.2. The van der Waals surface area contributed by atoms with Crippen LogP contribution in [0.2, 0.25) is 5.02 Å². The maximum Gasteiger partial charge on any atom is 0.230 e. The van der Waals surface area contributed by atoms with Crippen LogP contribution in [0.1, 0.15) is 24.8 Å². The molecule has 2 amide bonds. The summed E-state index contributed by atoms with van der Waals surface area (Å²) < 4.78 is 38.5. The number of nitrogens with one attached hydrogen (secondary N) is 1. The number of carbonyl (C=O) groups is 2. The first-order valence-corrected chi connectivity index (χ1v) is 11.7. The van der Waals surface area contributed by atoms with Gasteiger partial charge in [-0.3, -0.25) is 9.59 Å². The first-order chi connectivity index (χ1) is 14.2. The minimum Gasteiger partial charge on any atom is -0.325 e. The van der Waals surface area contributed by atoms with Crippen LogP contribution in [0.3, 0.4) is 0 Å². The maximum atomic E-state index is 13.1. The van der Waals surface area contributed by atoms with Crippen LogP contribution in [-0.2, 0) is 25.8 Å². The van der Waals surface area contributed by atoms with Gasteiger partial charge in [0.1, 0.15) is 5.82 Å². The molecule has 2 aliphatic rings. The summed E-state index contributed by atoms with van der Waals surface area (Å²) in [5.41, 5.74) is 1.82. The number of fused-ring (bicyclic) bond motifs is 1. The van der Waals surface area contributed by atoms with E-state index in [1.807, 2.05) is 0 Å². The van der Waals surface area contributed by atoms with Gasteiger partial charge >= 0.3 is 0 Å². The number of anilines is 2. The molecule has 1 N–H and O–H groups in total. The van der Waals surface area contributed by atoms with Gasteiger partial charge in [0.2, 0.25) is 11.8 Å². The van der Waals surface area contributed by atoms with Gasteiger partial charge in [0.15, 0.2) is 9.84 Å². The van der Waals surface area contributed by atoms with Gasteiger partial charge < -0.3 is 10.2 Å². The molecule has 1 heterocycles. The number of amides is 2. The van der Waals surface area contributed by atoms with E-state index in [0.29, 0.717) is 13.0 Å². The molecule has 2 aromatic carbocycles. The summed E-state index contributed by atoms with van der Waals surface area (Å²) in [4.78, 5) is 26.4. The molecule has 0 atom stereocenters. The minimum atomic E-state index is -3.69. The first-order valence-electron chi connectivity index (χ1n) is 9.66. The van der Waals surface area contributed by atoms with Crippen LogP contribution in [0, 0.1) is 11.7 Å².